The van der Waals surface area contributed by atoms with Crippen LogP contribution in [0.3, 0.4) is 0 Å². The maximum absolute atomic E-state index is 13.0. The molecule has 5 atom stereocenters. The van der Waals surface area contributed by atoms with Gasteiger partial charge in [0.1, 0.15) is 18.1 Å². The number of nitrogens with two attached hydrogens (primary N) is 2. The lowest BCUT2D eigenvalue weighted by atomic mass is 9.98. The Morgan fingerprint density at radius 3 is 1.75 bits per heavy atom. The van der Waals surface area contributed by atoms with Gasteiger partial charge in [-0.1, -0.05) is 20.3 Å². The van der Waals surface area contributed by atoms with E-state index in [4.69, 9.17) is 21.7 Å². The molecule has 0 spiro atoms. The van der Waals surface area contributed by atoms with Crippen molar-refractivity contribution in [1.29, 1.82) is 0 Å². The Bertz CT molecular complexity index is 777. The van der Waals surface area contributed by atoms with Crippen LogP contribution in [0.1, 0.15) is 65.2 Å². The summed E-state index contributed by atoms with van der Waals surface area (Å²) in [6.45, 7) is 3.70. The molecule has 5 unspecified atom stereocenters. The average molecular weight is 518 g/mol. The first-order valence-corrected chi connectivity index (χ1v) is 11.9. The lowest BCUT2D eigenvalue weighted by Crippen LogP contribution is -2.57. The van der Waals surface area contributed by atoms with E-state index in [0.29, 0.717) is 25.8 Å². The molecular formula is C22H39N5O9. The van der Waals surface area contributed by atoms with Crippen molar-refractivity contribution in [2.45, 2.75) is 89.4 Å². The number of carbonyl (C=O) groups is 6. The van der Waals surface area contributed by atoms with Crippen molar-refractivity contribution in [3.63, 3.8) is 0 Å². The number of hydrogen-bond donors (Lipinski definition) is 8. The Balaban J connectivity index is 5.61. The van der Waals surface area contributed by atoms with Gasteiger partial charge < -0.3 is 42.7 Å². The number of amides is 3. The van der Waals surface area contributed by atoms with Crippen LogP contribution in [-0.4, -0.2) is 81.7 Å². The SMILES string of the molecule is CCC(C)C(NC(=O)C(CCC(=O)O)NC(=O)C(CCCCN)NC(=O)C(N)CCC(=O)O)C(=O)O. The molecule has 3 amide bonds. The van der Waals surface area contributed by atoms with E-state index < -0.39 is 72.1 Å². The highest BCUT2D eigenvalue weighted by Crippen LogP contribution is 2.10. The number of rotatable bonds is 19. The van der Waals surface area contributed by atoms with Crippen molar-refractivity contribution in [3.8, 4) is 0 Å². The second kappa shape index (κ2) is 17.2. The largest absolute Gasteiger partial charge is 0.481 e. The van der Waals surface area contributed by atoms with Gasteiger partial charge in [0.05, 0.1) is 6.04 Å². The van der Waals surface area contributed by atoms with E-state index in [1.54, 1.807) is 13.8 Å². The molecule has 0 saturated carbocycles. The van der Waals surface area contributed by atoms with E-state index in [1.165, 1.54) is 0 Å². The van der Waals surface area contributed by atoms with Crippen molar-refractivity contribution in [2.75, 3.05) is 6.54 Å². The van der Waals surface area contributed by atoms with Gasteiger partial charge in [0.25, 0.3) is 0 Å². The van der Waals surface area contributed by atoms with Crippen molar-refractivity contribution in [2.24, 2.45) is 17.4 Å². The van der Waals surface area contributed by atoms with Gasteiger partial charge in [0.2, 0.25) is 17.7 Å². The van der Waals surface area contributed by atoms with Gasteiger partial charge in [-0.05, 0) is 44.6 Å². The van der Waals surface area contributed by atoms with Crippen molar-refractivity contribution in [1.82, 2.24) is 16.0 Å². The molecule has 0 aromatic carbocycles. The number of carboxylic acid groups (broad SMARTS) is 3. The van der Waals surface area contributed by atoms with Gasteiger partial charge in [-0.3, -0.25) is 24.0 Å². The zero-order chi connectivity index (χ0) is 27.8. The summed E-state index contributed by atoms with van der Waals surface area (Å²) in [6.07, 6.45) is 0.221. The molecule has 36 heavy (non-hydrogen) atoms. The number of aliphatic carboxylic acids is 3. The topological polar surface area (TPSA) is 251 Å². The molecule has 0 fully saturated rings. The van der Waals surface area contributed by atoms with Crippen LogP contribution in [0.15, 0.2) is 0 Å². The van der Waals surface area contributed by atoms with E-state index in [0.717, 1.165) is 0 Å². The summed E-state index contributed by atoms with van der Waals surface area (Å²) in [5, 5.41) is 34.4. The third kappa shape index (κ3) is 13.0. The van der Waals surface area contributed by atoms with Crippen molar-refractivity contribution >= 4 is 35.6 Å². The predicted molar refractivity (Wildman–Crippen MR) is 128 cm³/mol. The first-order valence-electron chi connectivity index (χ1n) is 11.9. The number of carboxylic acids is 3. The number of unbranched alkanes of at least 4 members (excludes halogenated alkanes) is 1. The van der Waals surface area contributed by atoms with Crippen LogP contribution in [0.2, 0.25) is 0 Å². The van der Waals surface area contributed by atoms with Crippen LogP contribution < -0.4 is 27.4 Å². The molecule has 10 N–H and O–H groups in total. The van der Waals surface area contributed by atoms with Crippen LogP contribution in [0, 0.1) is 5.92 Å². The third-order valence-corrected chi connectivity index (χ3v) is 5.64. The summed E-state index contributed by atoms with van der Waals surface area (Å²) >= 11 is 0. The highest BCUT2D eigenvalue weighted by Gasteiger charge is 2.32. The zero-order valence-electron chi connectivity index (χ0n) is 20.7. The fourth-order valence-corrected chi connectivity index (χ4v) is 3.20. The van der Waals surface area contributed by atoms with E-state index >= 15 is 0 Å². The van der Waals surface area contributed by atoms with Crippen LogP contribution in [0.4, 0.5) is 0 Å². The lowest BCUT2D eigenvalue weighted by Gasteiger charge is -2.26. The molecule has 0 aromatic heterocycles. The number of hydrogen-bond acceptors (Lipinski definition) is 8. The molecule has 14 nitrogen and oxygen atoms in total. The van der Waals surface area contributed by atoms with Crippen molar-refractivity contribution in [3.05, 3.63) is 0 Å². The molecule has 0 aliphatic heterocycles. The third-order valence-electron chi connectivity index (χ3n) is 5.64. The summed E-state index contributed by atoms with van der Waals surface area (Å²) < 4.78 is 0. The Morgan fingerprint density at radius 2 is 1.25 bits per heavy atom. The van der Waals surface area contributed by atoms with Gasteiger partial charge in [-0.2, -0.15) is 0 Å². The molecule has 0 saturated heterocycles. The van der Waals surface area contributed by atoms with E-state index in [1.807, 2.05) is 0 Å². The fraction of sp³-hybridized carbons (Fsp3) is 0.727. The molecule has 0 bridgehead atoms. The Labute approximate surface area is 209 Å². The normalized spacial score (nSPS) is 15.0. The van der Waals surface area contributed by atoms with E-state index in [9.17, 15) is 33.9 Å². The van der Waals surface area contributed by atoms with Gasteiger partial charge in [0.15, 0.2) is 0 Å². The molecule has 0 rings (SSSR count). The van der Waals surface area contributed by atoms with E-state index in [-0.39, 0.29) is 25.7 Å². The quantitative estimate of drug-likeness (QED) is 0.0940. The van der Waals surface area contributed by atoms with Gasteiger partial charge in [-0.15, -0.1) is 0 Å². The first kappa shape index (κ1) is 32.7. The highest BCUT2D eigenvalue weighted by atomic mass is 16.4. The predicted octanol–water partition coefficient (Wildman–Crippen LogP) is -1.24. The molecule has 0 aliphatic rings. The molecule has 0 aliphatic carbocycles. The van der Waals surface area contributed by atoms with Crippen LogP contribution in [0.5, 0.6) is 0 Å². The standard InChI is InChI=1S/C22H39N5O9/c1-3-12(2)18(22(35)36)27-21(34)15(8-10-17(30)31)26-20(33)14(6-4-5-11-23)25-19(32)13(24)7-9-16(28)29/h12-15,18H,3-11,23-24H2,1-2H3,(H,25,32)(H,26,33)(H,27,34)(H,28,29)(H,30,31)(H,35,36). The lowest BCUT2D eigenvalue weighted by molar-refractivity contribution is -0.144. The maximum Gasteiger partial charge on any atom is 0.326 e. The maximum atomic E-state index is 13.0. The summed E-state index contributed by atoms with van der Waals surface area (Å²) in [6, 6.07) is -4.98. The van der Waals surface area contributed by atoms with Crippen molar-refractivity contribution < 1.29 is 44.1 Å². The first-order chi connectivity index (χ1) is 16.8. The smallest absolute Gasteiger partial charge is 0.326 e. The van der Waals surface area contributed by atoms with Gasteiger partial charge >= 0.3 is 17.9 Å². The fourth-order valence-electron chi connectivity index (χ4n) is 3.20. The molecule has 0 radical (unpaired) electrons. The molecule has 0 aromatic rings. The molecule has 206 valence electrons. The highest BCUT2D eigenvalue weighted by molar-refractivity contribution is 5.94. The van der Waals surface area contributed by atoms with Crippen LogP contribution >= 0.6 is 0 Å². The second-order valence-corrected chi connectivity index (χ2v) is 8.59. The molecular weight excluding hydrogens is 478 g/mol. The van der Waals surface area contributed by atoms with Gasteiger partial charge in [-0.25, -0.2) is 4.79 Å². The minimum absolute atomic E-state index is 0.123. The molecule has 0 heterocycles. The Kier molecular flexibility index (Phi) is 15.7. The zero-order valence-corrected chi connectivity index (χ0v) is 20.7. The second-order valence-electron chi connectivity index (χ2n) is 8.59. The summed E-state index contributed by atoms with van der Waals surface area (Å²) in [7, 11) is 0. The van der Waals surface area contributed by atoms with E-state index in [2.05, 4.69) is 16.0 Å². The minimum Gasteiger partial charge on any atom is -0.481 e. The number of nitrogens with one attached hydrogen (secondary N) is 3. The number of carbonyl (C=O) groups excluding carboxylic acids is 3. The summed E-state index contributed by atoms with van der Waals surface area (Å²) in [5.41, 5.74) is 11.2. The Morgan fingerprint density at radius 1 is 0.750 bits per heavy atom. The summed E-state index contributed by atoms with van der Waals surface area (Å²) in [4.78, 5) is 71.6. The van der Waals surface area contributed by atoms with Gasteiger partial charge in [0, 0.05) is 12.8 Å². The average Bonchev–Trinajstić information content (AvgIpc) is 2.81. The van der Waals surface area contributed by atoms with Crippen LogP contribution in [-0.2, 0) is 28.8 Å². The van der Waals surface area contributed by atoms with Crippen LogP contribution in [0.25, 0.3) is 0 Å². The Hall–Kier alpha value is -3.26. The minimum atomic E-state index is -1.38. The summed E-state index contributed by atoms with van der Waals surface area (Å²) in [5.74, 6) is -6.51. The monoisotopic (exact) mass is 517 g/mol. The molecule has 14 heteroatoms.